The van der Waals surface area contributed by atoms with E-state index in [2.05, 4.69) is 30.0 Å². The fraction of sp³-hybridized carbons (Fsp3) is 0.318. The van der Waals surface area contributed by atoms with Crippen LogP contribution in [0.3, 0.4) is 0 Å². The first-order chi connectivity index (χ1) is 13.4. The van der Waals surface area contributed by atoms with E-state index >= 15 is 0 Å². The molecule has 0 atom stereocenters. The Morgan fingerprint density at radius 1 is 1.04 bits per heavy atom. The summed E-state index contributed by atoms with van der Waals surface area (Å²) in [5.41, 5.74) is 3.03. The molecule has 0 unspecified atom stereocenters. The molecule has 0 aliphatic carbocycles. The van der Waals surface area contributed by atoms with Crippen molar-refractivity contribution in [1.29, 1.82) is 0 Å². The Labute approximate surface area is 167 Å². The standard InChI is InChI=1S/C22H26N2O3S/c1-3-21(25)11-10-19-7-5-9-22(17-19)28(26,27)24-14-12-23(13-15-24)20-8-4-6-18(2)16-20/h4-11,16-17H,3,12-15H2,1-2H3/b11-10+. The number of piperazine rings is 1. The predicted molar refractivity (Wildman–Crippen MR) is 113 cm³/mol. The summed E-state index contributed by atoms with van der Waals surface area (Å²) in [4.78, 5) is 13.9. The highest BCUT2D eigenvalue weighted by Crippen LogP contribution is 2.22. The summed E-state index contributed by atoms with van der Waals surface area (Å²) < 4.78 is 27.6. The van der Waals surface area contributed by atoms with Crippen molar-refractivity contribution in [1.82, 2.24) is 4.31 Å². The Kier molecular flexibility index (Phi) is 6.31. The lowest BCUT2D eigenvalue weighted by atomic mass is 10.2. The molecule has 1 heterocycles. The maximum Gasteiger partial charge on any atom is 0.243 e. The van der Waals surface area contributed by atoms with Crippen LogP contribution in [0.15, 0.2) is 59.5 Å². The molecule has 0 aromatic heterocycles. The summed E-state index contributed by atoms with van der Waals surface area (Å²) in [5.74, 6) is 0.0144. The summed E-state index contributed by atoms with van der Waals surface area (Å²) in [6.07, 6.45) is 3.59. The van der Waals surface area contributed by atoms with Gasteiger partial charge in [0, 0.05) is 38.3 Å². The van der Waals surface area contributed by atoms with Crippen LogP contribution < -0.4 is 4.90 Å². The Balaban J connectivity index is 1.72. The van der Waals surface area contributed by atoms with Crippen LogP contribution in [0.1, 0.15) is 24.5 Å². The van der Waals surface area contributed by atoms with E-state index < -0.39 is 10.0 Å². The van der Waals surface area contributed by atoms with Gasteiger partial charge in [0.05, 0.1) is 4.90 Å². The summed E-state index contributed by atoms with van der Waals surface area (Å²) in [7, 11) is -3.55. The third-order valence-corrected chi connectivity index (χ3v) is 6.81. The zero-order valence-corrected chi connectivity index (χ0v) is 17.2. The molecule has 5 nitrogen and oxygen atoms in total. The maximum absolute atomic E-state index is 13.0. The molecule has 3 rings (SSSR count). The van der Waals surface area contributed by atoms with Gasteiger partial charge in [-0.2, -0.15) is 4.31 Å². The quantitative estimate of drug-likeness (QED) is 0.699. The number of carbonyl (C=O) groups is 1. The van der Waals surface area contributed by atoms with E-state index in [1.54, 1.807) is 41.6 Å². The molecule has 0 saturated carbocycles. The average molecular weight is 399 g/mol. The minimum atomic E-state index is -3.55. The smallest absolute Gasteiger partial charge is 0.243 e. The van der Waals surface area contributed by atoms with E-state index in [-0.39, 0.29) is 10.7 Å². The van der Waals surface area contributed by atoms with Crippen LogP contribution in [-0.2, 0) is 14.8 Å². The van der Waals surface area contributed by atoms with Crippen LogP contribution in [0.2, 0.25) is 0 Å². The molecule has 0 bridgehead atoms. The minimum Gasteiger partial charge on any atom is -0.369 e. The summed E-state index contributed by atoms with van der Waals surface area (Å²) in [6, 6.07) is 15.0. The van der Waals surface area contributed by atoms with Crippen molar-refractivity contribution in [2.24, 2.45) is 0 Å². The number of carbonyl (C=O) groups excluding carboxylic acids is 1. The highest BCUT2D eigenvalue weighted by molar-refractivity contribution is 7.89. The molecular formula is C22H26N2O3S. The number of nitrogens with zero attached hydrogens (tertiary/aromatic N) is 2. The average Bonchev–Trinajstić information content (AvgIpc) is 2.72. The molecule has 2 aromatic carbocycles. The summed E-state index contributed by atoms with van der Waals surface area (Å²) >= 11 is 0. The molecule has 0 spiro atoms. The van der Waals surface area contributed by atoms with Crippen molar-refractivity contribution in [3.05, 3.63) is 65.7 Å². The van der Waals surface area contributed by atoms with Crippen LogP contribution in [0, 0.1) is 6.92 Å². The normalized spacial score (nSPS) is 15.9. The van der Waals surface area contributed by atoms with E-state index in [9.17, 15) is 13.2 Å². The Morgan fingerprint density at radius 3 is 2.43 bits per heavy atom. The second-order valence-electron chi connectivity index (χ2n) is 6.96. The van der Waals surface area contributed by atoms with E-state index in [0.717, 1.165) is 5.69 Å². The van der Waals surface area contributed by atoms with E-state index in [1.165, 1.54) is 11.6 Å². The Bertz CT molecular complexity index is 975. The van der Waals surface area contributed by atoms with Crippen molar-refractivity contribution >= 4 is 27.6 Å². The highest BCUT2D eigenvalue weighted by Gasteiger charge is 2.28. The highest BCUT2D eigenvalue weighted by atomic mass is 32.2. The molecule has 1 fully saturated rings. The van der Waals surface area contributed by atoms with Crippen molar-refractivity contribution < 1.29 is 13.2 Å². The minimum absolute atomic E-state index is 0.0144. The fourth-order valence-corrected chi connectivity index (χ4v) is 4.72. The SMILES string of the molecule is CCC(=O)/C=C/c1cccc(S(=O)(=O)N2CCN(c3cccc(C)c3)CC2)c1. The van der Waals surface area contributed by atoms with Crippen molar-refractivity contribution in [3.8, 4) is 0 Å². The fourth-order valence-electron chi connectivity index (χ4n) is 3.25. The van der Waals surface area contributed by atoms with Crippen molar-refractivity contribution in [3.63, 3.8) is 0 Å². The van der Waals surface area contributed by atoms with E-state index in [1.807, 2.05) is 6.07 Å². The van der Waals surface area contributed by atoms with Crippen LogP contribution in [0.5, 0.6) is 0 Å². The summed E-state index contributed by atoms with van der Waals surface area (Å²) in [5, 5.41) is 0. The van der Waals surface area contributed by atoms with Gasteiger partial charge in [-0.25, -0.2) is 8.42 Å². The third-order valence-electron chi connectivity index (χ3n) is 4.91. The molecule has 0 radical (unpaired) electrons. The second kappa shape index (κ2) is 8.71. The Hall–Kier alpha value is -2.44. The summed E-state index contributed by atoms with van der Waals surface area (Å²) in [6.45, 7) is 6.07. The number of ketones is 1. The Morgan fingerprint density at radius 2 is 1.75 bits per heavy atom. The number of anilines is 1. The molecule has 1 aliphatic rings. The van der Waals surface area contributed by atoms with Gasteiger partial charge in [0.25, 0.3) is 0 Å². The van der Waals surface area contributed by atoms with E-state index in [4.69, 9.17) is 0 Å². The molecule has 148 valence electrons. The third kappa shape index (κ3) is 4.69. The number of sulfonamides is 1. The van der Waals surface area contributed by atoms with E-state index in [0.29, 0.717) is 38.2 Å². The molecule has 0 N–H and O–H groups in total. The molecular weight excluding hydrogens is 372 g/mol. The van der Waals surface area contributed by atoms with Gasteiger partial charge in [0.1, 0.15) is 0 Å². The van der Waals surface area contributed by atoms with Crippen LogP contribution in [-0.4, -0.2) is 44.7 Å². The van der Waals surface area contributed by atoms with Gasteiger partial charge in [-0.15, -0.1) is 0 Å². The maximum atomic E-state index is 13.0. The van der Waals surface area contributed by atoms with Crippen LogP contribution in [0.4, 0.5) is 5.69 Å². The molecule has 1 saturated heterocycles. The number of aryl methyl sites for hydroxylation is 1. The van der Waals surface area contributed by atoms with Gasteiger partial charge in [0.15, 0.2) is 5.78 Å². The van der Waals surface area contributed by atoms with Gasteiger partial charge in [-0.05, 0) is 48.4 Å². The molecule has 6 heteroatoms. The topological polar surface area (TPSA) is 57.7 Å². The van der Waals surface area contributed by atoms with Crippen LogP contribution >= 0.6 is 0 Å². The number of rotatable bonds is 6. The molecule has 1 aliphatic heterocycles. The second-order valence-corrected chi connectivity index (χ2v) is 8.89. The largest absolute Gasteiger partial charge is 0.369 e. The van der Waals surface area contributed by atoms with Gasteiger partial charge < -0.3 is 4.90 Å². The molecule has 2 aromatic rings. The predicted octanol–water partition coefficient (Wildman–Crippen LogP) is 3.50. The first-order valence-corrected chi connectivity index (χ1v) is 11.0. The number of hydrogen-bond donors (Lipinski definition) is 0. The monoisotopic (exact) mass is 398 g/mol. The molecule has 0 amide bonds. The van der Waals surface area contributed by atoms with Crippen molar-refractivity contribution in [2.45, 2.75) is 25.2 Å². The number of benzene rings is 2. The zero-order chi connectivity index (χ0) is 20.1. The number of hydrogen-bond acceptors (Lipinski definition) is 4. The van der Waals surface area contributed by atoms with Gasteiger partial charge >= 0.3 is 0 Å². The van der Waals surface area contributed by atoms with Crippen LogP contribution in [0.25, 0.3) is 6.08 Å². The van der Waals surface area contributed by atoms with Gasteiger partial charge in [-0.3, -0.25) is 4.79 Å². The molecule has 28 heavy (non-hydrogen) atoms. The number of allylic oxidation sites excluding steroid dienone is 1. The first kappa shape index (κ1) is 20.3. The lowest BCUT2D eigenvalue weighted by Gasteiger charge is -2.35. The lowest BCUT2D eigenvalue weighted by Crippen LogP contribution is -2.48. The zero-order valence-electron chi connectivity index (χ0n) is 16.3. The van der Waals surface area contributed by atoms with Gasteiger partial charge in [0.2, 0.25) is 10.0 Å². The van der Waals surface area contributed by atoms with Gasteiger partial charge in [-0.1, -0.05) is 37.3 Å². The lowest BCUT2D eigenvalue weighted by molar-refractivity contribution is -0.114. The van der Waals surface area contributed by atoms with Crippen molar-refractivity contribution in [2.75, 3.05) is 31.1 Å². The first-order valence-electron chi connectivity index (χ1n) is 9.53.